The van der Waals surface area contributed by atoms with Crippen molar-refractivity contribution in [3.63, 3.8) is 0 Å². The van der Waals surface area contributed by atoms with Gasteiger partial charge >= 0.3 is 12.1 Å². The van der Waals surface area contributed by atoms with Crippen molar-refractivity contribution in [1.29, 1.82) is 0 Å². The molecule has 0 heterocycles. The Labute approximate surface area is 60.1 Å². The molecule has 0 rings (SSSR count). The van der Waals surface area contributed by atoms with E-state index in [2.05, 4.69) is 4.74 Å². The van der Waals surface area contributed by atoms with Gasteiger partial charge in [0.1, 0.15) is 6.67 Å². The Hall–Kier alpha value is -0.810. The molecule has 0 aromatic heterocycles. The van der Waals surface area contributed by atoms with Crippen LogP contribution in [-0.4, -0.2) is 25.9 Å². The van der Waals surface area contributed by atoms with Crippen molar-refractivity contribution >= 4 is 5.97 Å². The highest BCUT2D eigenvalue weighted by Gasteiger charge is 2.45. The molecular formula is C5H6F4O2. The normalized spacial score (nSPS) is 14.3. The van der Waals surface area contributed by atoms with Crippen LogP contribution in [-0.2, 0) is 9.53 Å². The van der Waals surface area contributed by atoms with Crippen molar-refractivity contribution in [2.45, 2.75) is 6.18 Å². The lowest BCUT2D eigenvalue weighted by atomic mass is 10.2. The zero-order chi connectivity index (χ0) is 9.07. The van der Waals surface area contributed by atoms with Crippen molar-refractivity contribution in [3.8, 4) is 0 Å². The van der Waals surface area contributed by atoms with E-state index in [0.29, 0.717) is 0 Å². The van der Waals surface area contributed by atoms with Gasteiger partial charge in [-0.1, -0.05) is 0 Å². The Morgan fingerprint density at radius 2 is 2.00 bits per heavy atom. The molecule has 1 unspecified atom stereocenters. The summed E-state index contributed by atoms with van der Waals surface area (Å²) in [5.41, 5.74) is 0. The summed E-state index contributed by atoms with van der Waals surface area (Å²) < 4.78 is 50.2. The molecule has 0 bridgehead atoms. The van der Waals surface area contributed by atoms with Crippen LogP contribution in [0.5, 0.6) is 0 Å². The zero-order valence-electron chi connectivity index (χ0n) is 5.61. The smallest absolute Gasteiger partial charge is 0.404 e. The molecule has 66 valence electrons. The quantitative estimate of drug-likeness (QED) is 0.466. The molecule has 0 spiro atoms. The van der Waals surface area contributed by atoms with Gasteiger partial charge in [0.25, 0.3) is 0 Å². The summed E-state index contributed by atoms with van der Waals surface area (Å²) in [6.07, 6.45) is -4.86. The van der Waals surface area contributed by atoms with Gasteiger partial charge < -0.3 is 4.74 Å². The lowest BCUT2D eigenvalue weighted by molar-refractivity contribution is -0.198. The highest BCUT2D eigenvalue weighted by molar-refractivity contribution is 5.73. The van der Waals surface area contributed by atoms with Gasteiger partial charge in [-0.3, -0.25) is 4.79 Å². The first-order valence-corrected chi connectivity index (χ1v) is 2.64. The number of hydrogen-bond donors (Lipinski definition) is 0. The molecular weight excluding hydrogens is 168 g/mol. The highest BCUT2D eigenvalue weighted by Crippen LogP contribution is 2.27. The van der Waals surface area contributed by atoms with Gasteiger partial charge in [-0.25, -0.2) is 4.39 Å². The third-order valence-corrected chi connectivity index (χ3v) is 1.04. The van der Waals surface area contributed by atoms with E-state index in [1.807, 2.05) is 0 Å². The van der Waals surface area contributed by atoms with Crippen LogP contribution in [0.25, 0.3) is 0 Å². The van der Waals surface area contributed by atoms with Crippen LogP contribution in [0.15, 0.2) is 0 Å². The average Bonchev–Trinajstić information content (AvgIpc) is 1.86. The summed E-state index contributed by atoms with van der Waals surface area (Å²) in [5.74, 6) is -4.24. The molecule has 0 amide bonds. The highest BCUT2D eigenvalue weighted by atomic mass is 19.4. The number of methoxy groups -OCH3 is 1. The lowest BCUT2D eigenvalue weighted by Gasteiger charge is -2.13. The fourth-order valence-electron chi connectivity index (χ4n) is 0.426. The molecule has 0 fully saturated rings. The molecule has 0 saturated heterocycles. The van der Waals surface area contributed by atoms with Crippen LogP contribution in [0.1, 0.15) is 0 Å². The molecule has 2 nitrogen and oxygen atoms in total. The van der Waals surface area contributed by atoms with Crippen LogP contribution in [0, 0.1) is 5.92 Å². The predicted octanol–water partition coefficient (Wildman–Crippen LogP) is 1.31. The number of carbonyl (C=O) groups excluding carboxylic acids is 1. The average molecular weight is 174 g/mol. The summed E-state index contributed by atoms with van der Waals surface area (Å²) in [6.45, 7) is -1.78. The van der Waals surface area contributed by atoms with Crippen molar-refractivity contribution in [1.82, 2.24) is 0 Å². The molecule has 0 aliphatic heterocycles. The number of esters is 1. The van der Waals surface area contributed by atoms with Gasteiger partial charge in [0, 0.05) is 0 Å². The lowest BCUT2D eigenvalue weighted by Crippen LogP contribution is -2.33. The minimum atomic E-state index is -4.86. The van der Waals surface area contributed by atoms with Crippen LogP contribution >= 0.6 is 0 Å². The topological polar surface area (TPSA) is 26.3 Å². The van der Waals surface area contributed by atoms with Crippen LogP contribution in [0.2, 0.25) is 0 Å². The second-order valence-corrected chi connectivity index (χ2v) is 1.77. The summed E-state index contributed by atoms with van der Waals surface area (Å²) in [7, 11) is 0.775. The van der Waals surface area contributed by atoms with E-state index >= 15 is 0 Å². The minimum absolute atomic E-state index is 0.775. The molecule has 0 aromatic rings. The van der Waals surface area contributed by atoms with E-state index < -0.39 is 24.7 Å². The van der Waals surface area contributed by atoms with Gasteiger partial charge in [0.05, 0.1) is 7.11 Å². The maximum Gasteiger partial charge on any atom is 0.404 e. The van der Waals surface area contributed by atoms with Crippen molar-refractivity contribution < 1.29 is 27.1 Å². The summed E-state index contributed by atoms with van der Waals surface area (Å²) in [5, 5.41) is 0. The first-order chi connectivity index (χ1) is 4.93. The monoisotopic (exact) mass is 174 g/mol. The van der Waals surface area contributed by atoms with Crippen molar-refractivity contribution in [2.75, 3.05) is 13.8 Å². The number of carbonyl (C=O) groups is 1. The molecule has 1 atom stereocenters. The fourth-order valence-corrected chi connectivity index (χ4v) is 0.426. The van der Waals surface area contributed by atoms with E-state index in [1.54, 1.807) is 0 Å². The summed E-state index contributed by atoms with van der Waals surface area (Å²) in [6, 6.07) is 0. The van der Waals surface area contributed by atoms with E-state index in [-0.39, 0.29) is 0 Å². The van der Waals surface area contributed by atoms with Gasteiger partial charge in [-0.15, -0.1) is 0 Å². The SMILES string of the molecule is COC(=O)C(CF)C(F)(F)F. The van der Waals surface area contributed by atoms with Crippen LogP contribution in [0.3, 0.4) is 0 Å². The molecule has 0 radical (unpaired) electrons. The van der Waals surface area contributed by atoms with Crippen LogP contribution in [0.4, 0.5) is 17.6 Å². The third kappa shape index (κ3) is 2.73. The van der Waals surface area contributed by atoms with E-state index in [9.17, 15) is 22.4 Å². The number of ether oxygens (including phenoxy) is 1. The first kappa shape index (κ1) is 10.2. The Kier molecular flexibility index (Phi) is 3.28. The molecule has 0 aliphatic carbocycles. The number of alkyl halides is 4. The Bertz CT molecular complexity index is 142. The molecule has 0 saturated carbocycles. The van der Waals surface area contributed by atoms with Gasteiger partial charge in [0.2, 0.25) is 0 Å². The first-order valence-electron chi connectivity index (χ1n) is 2.64. The van der Waals surface area contributed by atoms with Gasteiger partial charge in [-0.05, 0) is 0 Å². The molecule has 6 heteroatoms. The standard InChI is InChI=1S/C5H6F4O2/c1-11-4(10)3(2-6)5(7,8)9/h3H,2H2,1H3. The number of hydrogen-bond acceptors (Lipinski definition) is 2. The second kappa shape index (κ2) is 3.54. The summed E-state index contributed by atoms with van der Waals surface area (Å²) >= 11 is 0. The van der Waals surface area contributed by atoms with E-state index in [4.69, 9.17) is 0 Å². The Morgan fingerprint density at radius 1 is 1.55 bits per heavy atom. The maximum absolute atomic E-state index is 11.6. The third-order valence-electron chi connectivity index (χ3n) is 1.04. The fraction of sp³-hybridized carbons (Fsp3) is 0.800. The summed E-state index contributed by atoms with van der Waals surface area (Å²) in [4.78, 5) is 10.2. The Balaban J connectivity index is 4.29. The molecule has 0 aromatic carbocycles. The van der Waals surface area contributed by atoms with Crippen molar-refractivity contribution in [3.05, 3.63) is 0 Å². The number of rotatable bonds is 2. The van der Waals surface area contributed by atoms with E-state index in [1.165, 1.54) is 0 Å². The molecule has 11 heavy (non-hydrogen) atoms. The predicted molar refractivity (Wildman–Crippen MR) is 27.5 cm³/mol. The minimum Gasteiger partial charge on any atom is -0.468 e. The van der Waals surface area contributed by atoms with Gasteiger partial charge in [0.15, 0.2) is 5.92 Å². The van der Waals surface area contributed by atoms with E-state index in [0.717, 1.165) is 7.11 Å². The Morgan fingerprint density at radius 3 is 2.09 bits per heavy atom. The maximum atomic E-state index is 11.6. The number of halogens is 4. The molecule has 0 N–H and O–H groups in total. The zero-order valence-corrected chi connectivity index (χ0v) is 5.61. The van der Waals surface area contributed by atoms with Crippen LogP contribution < -0.4 is 0 Å². The molecule has 0 aliphatic rings. The largest absolute Gasteiger partial charge is 0.468 e. The van der Waals surface area contributed by atoms with Crippen molar-refractivity contribution in [2.24, 2.45) is 5.92 Å². The van der Waals surface area contributed by atoms with Gasteiger partial charge in [-0.2, -0.15) is 13.2 Å². The second-order valence-electron chi connectivity index (χ2n) is 1.77.